The van der Waals surface area contributed by atoms with Crippen LogP contribution in [0.15, 0.2) is 0 Å². The van der Waals surface area contributed by atoms with Gasteiger partial charge >= 0.3 is 18.0 Å². The second kappa shape index (κ2) is 15.2. The first-order chi connectivity index (χ1) is 14.0. The molecule has 0 aromatic carbocycles. The molecule has 0 fully saturated rings. The molecule has 13 nitrogen and oxygen atoms in total. The Labute approximate surface area is 174 Å². The maximum atomic E-state index is 11.8. The van der Waals surface area contributed by atoms with E-state index >= 15 is 0 Å². The van der Waals surface area contributed by atoms with Crippen LogP contribution in [0.5, 0.6) is 0 Å². The molecule has 0 aliphatic carbocycles. The lowest BCUT2D eigenvalue weighted by Crippen LogP contribution is -2.35. The van der Waals surface area contributed by atoms with Crippen molar-refractivity contribution in [2.45, 2.75) is 46.0 Å². The first-order valence-corrected chi connectivity index (χ1v) is 9.27. The van der Waals surface area contributed by atoms with Gasteiger partial charge in [-0.2, -0.15) is 0 Å². The minimum Gasteiger partial charge on any atom is -0.481 e. The lowest BCUT2D eigenvalue weighted by Gasteiger charge is -2.19. The summed E-state index contributed by atoms with van der Waals surface area (Å²) in [6.07, 6.45) is -2.59. The lowest BCUT2D eigenvalue weighted by atomic mass is 9.94. The molecule has 0 rings (SSSR count). The summed E-state index contributed by atoms with van der Waals surface area (Å²) >= 11 is 0. The number of carboxylic acids is 1. The minimum atomic E-state index is -1.23. The normalized spacial score (nSPS) is 13.8. The number of hydrogen-bond acceptors (Lipinski definition) is 10. The summed E-state index contributed by atoms with van der Waals surface area (Å²) in [5.41, 5.74) is 0. The van der Waals surface area contributed by atoms with Crippen LogP contribution in [-0.4, -0.2) is 74.1 Å². The van der Waals surface area contributed by atoms with E-state index < -0.39 is 42.1 Å². The van der Waals surface area contributed by atoms with Gasteiger partial charge in [0.15, 0.2) is 6.10 Å². The Bertz CT molecular complexity index is 556. The van der Waals surface area contributed by atoms with Gasteiger partial charge in [-0.25, -0.2) is 9.59 Å². The largest absolute Gasteiger partial charge is 0.481 e. The van der Waals surface area contributed by atoms with E-state index in [1.54, 1.807) is 0 Å². The summed E-state index contributed by atoms with van der Waals surface area (Å²) in [7, 11) is 1.32. The average Bonchev–Trinajstić information content (AvgIpc) is 2.58. The van der Waals surface area contributed by atoms with Crippen LogP contribution in [0.4, 0.5) is 4.79 Å². The number of esters is 1. The van der Waals surface area contributed by atoms with Crippen LogP contribution in [-0.2, 0) is 33.4 Å². The number of methoxy groups -OCH3 is 1. The molecule has 30 heavy (non-hydrogen) atoms. The summed E-state index contributed by atoms with van der Waals surface area (Å²) in [4.78, 5) is 49.0. The van der Waals surface area contributed by atoms with Gasteiger partial charge in [0.2, 0.25) is 6.29 Å². The van der Waals surface area contributed by atoms with Crippen molar-refractivity contribution in [1.29, 1.82) is 0 Å². The number of carbonyl (C=O) groups excluding carboxylic acids is 2. The van der Waals surface area contributed by atoms with Gasteiger partial charge in [0.05, 0.1) is 13.2 Å². The topological polar surface area (TPSA) is 173 Å². The van der Waals surface area contributed by atoms with Crippen LogP contribution < -0.4 is 5.32 Å². The summed E-state index contributed by atoms with van der Waals surface area (Å²) in [6.45, 7) is 4.34. The molecule has 0 heterocycles. The van der Waals surface area contributed by atoms with E-state index in [1.807, 2.05) is 13.8 Å². The summed E-state index contributed by atoms with van der Waals surface area (Å²) < 4.78 is 19.4. The number of nitrogens with one attached hydrogen (secondary N) is 1. The van der Waals surface area contributed by atoms with Crippen LogP contribution >= 0.6 is 0 Å². The highest BCUT2D eigenvalue weighted by Gasteiger charge is 2.19. The molecule has 2 N–H and O–H groups in total. The number of nitrogens with zero attached hydrogens (tertiary/aromatic N) is 1. The van der Waals surface area contributed by atoms with Crippen molar-refractivity contribution in [3.8, 4) is 0 Å². The third-order valence-electron chi connectivity index (χ3n) is 3.48. The molecule has 13 heteroatoms. The zero-order valence-corrected chi connectivity index (χ0v) is 17.5. The molecule has 0 spiro atoms. The van der Waals surface area contributed by atoms with Crippen LogP contribution in [0.2, 0.25) is 0 Å². The van der Waals surface area contributed by atoms with Gasteiger partial charge < -0.3 is 34.2 Å². The number of amides is 1. The zero-order chi connectivity index (χ0) is 23.1. The summed E-state index contributed by atoms with van der Waals surface area (Å²) in [5.74, 6) is -1.83. The van der Waals surface area contributed by atoms with Gasteiger partial charge in [0.25, 0.3) is 5.09 Å². The van der Waals surface area contributed by atoms with Gasteiger partial charge in [-0.05, 0) is 18.3 Å². The summed E-state index contributed by atoms with van der Waals surface area (Å²) in [5, 5.41) is 20.7. The quantitative estimate of drug-likeness (QED) is 0.152. The first kappa shape index (κ1) is 27.3. The number of carboxylic acid groups (broad SMARTS) is 1. The Morgan fingerprint density at radius 3 is 2.33 bits per heavy atom. The monoisotopic (exact) mass is 438 g/mol. The Morgan fingerprint density at radius 1 is 1.13 bits per heavy atom. The predicted molar refractivity (Wildman–Crippen MR) is 99.8 cm³/mol. The fourth-order valence-electron chi connectivity index (χ4n) is 2.51. The fourth-order valence-corrected chi connectivity index (χ4v) is 2.51. The van der Waals surface area contributed by atoms with E-state index in [1.165, 1.54) is 14.0 Å². The van der Waals surface area contributed by atoms with E-state index in [9.17, 15) is 24.5 Å². The van der Waals surface area contributed by atoms with Crippen LogP contribution in [0.3, 0.4) is 0 Å². The van der Waals surface area contributed by atoms with Crippen molar-refractivity contribution < 1.29 is 48.4 Å². The lowest BCUT2D eigenvalue weighted by molar-refractivity contribution is -0.769. The van der Waals surface area contributed by atoms with Crippen molar-refractivity contribution in [3.05, 3.63) is 10.1 Å². The van der Waals surface area contributed by atoms with E-state index in [-0.39, 0.29) is 38.0 Å². The number of alkyl carbamates (subject to hydrolysis) is 1. The third kappa shape index (κ3) is 15.3. The van der Waals surface area contributed by atoms with Crippen molar-refractivity contribution >= 4 is 18.0 Å². The maximum absolute atomic E-state index is 11.8. The van der Waals surface area contributed by atoms with Crippen LogP contribution in [0.25, 0.3) is 0 Å². The highest BCUT2D eigenvalue weighted by molar-refractivity contribution is 5.71. The van der Waals surface area contributed by atoms with E-state index in [0.29, 0.717) is 6.42 Å². The van der Waals surface area contributed by atoms with Crippen LogP contribution in [0, 0.1) is 22.0 Å². The Morgan fingerprint density at radius 2 is 1.80 bits per heavy atom. The van der Waals surface area contributed by atoms with Gasteiger partial charge in [-0.1, -0.05) is 13.8 Å². The van der Waals surface area contributed by atoms with Crippen molar-refractivity contribution in [2.75, 3.05) is 33.5 Å². The number of ether oxygens (including phenoxy) is 4. The molecule has 3 atom stereocenters. The minimum absolute atomic E-state index is 0.0927. The fraction of sp³-hybridized carbons (Fsp3) is 0.824. The maximum Gasteiger partial charge on any atom is 0.410 e. The molecule has 0 aromatic rings. The number of carbonyl (C=O) groups is 3. The Kier molecular flexibility index (Phi) is 13.9. The molecule has 0 aliphatic rings. The second-order valence-corrected chi connectivity index (χ2v) is 6.86. The van der Waals surface area contributed by atoms with Crippen LogP contribution in [0.1, 0.15) is 33.6 Å². The Balaban J connectivity index is 4.23. The number of rotatable bonds is 16. The Hall–Kier alpha value is -2.67. The highest BCUT2D eigenvalue weighted by atomic mass is 17.0. The predicted octanol–water partition coefficient (Wildman–Crippen LogP) is 0.979. The third-order valence-corrected chi connectivity index (χ3v) is 3.48. The second-order valence-electron chi connectivity index (χ2n) is 6.86. The summed E-state index contributed by atoms with van der Waals surface area (Å²) in [6, 6.07) is 0. The molecule has 0 saturated heterocycles. The molecule has 0 saturated carbocycles. The molecule has 0 aliphatic heterocycles. The van der Waals surface area contributed by atoms with Crippen molar-refractivity contribution in [3.63, 3.8) is 0 Å². The smallest absolute Gasteiger partial charge is 0.410 e. The van der Waals surface area contributed by atoms with E-state index in [2.05, 4.69) is 10.2 Å². The van der Waals surface area contributed by atoms with E-state index in [4.69, 9.17) is 24.1 Å². The molecular weight excluding hydrogens is 408 g/mol. The SMILES string of the molecule is COCC(COCC(=O)OC(C)OC(=O)NC[C@H](CC(=O)O)CC(C)C)O[N+](=O)[O-]. The zero-order valence-electron chi connectivity index (χ0n) is 17.5. The average molecular weight is 438 g/mol. The number of hydrogen-bond donors (Lipinski definition) is 2. The van der Waals surface area contributed by atoms with Gasteiger partial charge in [-0.15, -0.1) is 10.1 Å². The number of aliphatic carboxylic acids is 1. The molecular formula is C17H30N2O11. The van der Waals surface area contributed by atoms with Gasteiger partial charge in [0, 0.05) is 27.0 Å². The first-order valence-electron chi connectivity index (χ1n) is 9.27. The molecule has 1 amide bonds. The highest BCUT2D eigenvalue weighted by Crippen LogP contribution is 2.14. The van der Waals surface area contributed by atoms with Gasteiger partial charge in [-0.3, -0.25) is 4.79 Å². The molecule has 0 bridgehead atoms. The molecule has 174 valence electrons. The van der Waals surface area contributed by atoms with Gasteiger partial charge in [0.1, 0.15) is 6.61 Å². The molecule has 0 radical (unpaired) electrons. The molecule has 2 unspecified atom stereocenters. The van der Waals surface area contributed by atoms with E-state index in [0.717, 1.165) is 0 Å². The van der Waals surface area contributed by atoms with Crippen molar-refractivity contribution in [2.24, 2.45) is 11.8 Å². The van der Waals surface area contributed by atoms with Crippen molar-refractivity contribution in [1.82, 2.24) is 5.32 Å². The standard InChI is InChI=1S/C17H30N2O11/c1-11(2)5-13(6-15(20)21)7-18-17(23)29-12(3)28-16(22)10-27-9-14(8-26-4)30-19(24)25/h11-14H,5-10H2,1-4H3,(H,18,23)(H,20,21)/t12?,13-,14?/m0/s1. The molecule has 0 aromatic heterocycles.